The molecule has 2 N–H and O–H groups in total. The normalized spacial score (nSPS) is 20.6. The first-order chi connectivity index (χ1) is 12.3. The van der Waals surface area contributed by atoms with Gasteiger partial charge in [0.15, 0.2) is 17.1 Å². The summed E-state index contributed by atoms with van der Waals surface area (Å²) in [5.41, 5.74) is 2.45. The number of carbonyl (C=O) groups excluding carboxylic acids is 1. The van der Waals surface area contributed by atoms with Gasteiger partial charge >= 0.3 is 6.03 Å². The molecule has 1 saturated carbocycles. The third-order valence-corrected chi connectivity index (χ3v) is 5.30. The Balaban J connectivity index is 1.43. The van der Waals surface area contributed by atoms with Crippen LogP contribution in [0.3, 0.4) is 0 Å². The van der Waals surface area contributed by atoms with Crippen LogP contribution in [0.1, 0.15) is 44.0 Å². The standard InChI is InChI=1S/C17H21N7O/c25-17(19-7-5-11-3-4-11)23-9-1-2-13(23)16-22-21-14-10-20-15-12(24(14)16)6-8-18-15/h6,8,10-11,13,18H,1-5,7,9H2,(H,19,25). The number of aromatic nitrogens is 5. The highest BCUT2D eigenvalue weighted by molar-refractivity contribution is 5.76. The molecule has 130 valence electrons. The largest absolute Gasteiger partial charge is 0.345 e. The van der Waals surface area contributed by atoms with Crippen LogP contribution in [0.4, 0.5) is 4.79 Å². The number of nitrogens with zero attached hydrogens (tertiary/aromatic N) is 5. The number of amides is 2. The maximum atomic E-state index is 12.6. The molecule has 1 unspecified atom stereocenters. The summed E-state index contributed by atoms with van der Waals surface area (Å²) in [6.07, 6.45) is 9.18. The lowest BCUT2D eigenvalue weighted by molar-refractivity contribution is 0.190. The van der Waals surface area contributed by atoms with E-state index in [9.17, 15) is 4.79 Å². The molecule has 1 saturated heterocycles. The van der Waals surface area contributed by atoms with Crippen molar-refractivity contribution in [2.24, 2.45) is 5.92 Å². The molecule has 25 heavy (non-hydrogen) atoms. The Morgan fingerprint density at radius 2 is 2.24 bits per heavy atom. The number of fused-ring (bicyclic) bond motifs is 3. The SMILES string of the molecule is O=C(NCCC1CC1)N1CCCC1c1nnc2cnc3[nH]ccc3n12. The van der Waals surface area contributed by atoms with Gasteiger partial charge < -0.3 is 15.2 Å². The van der Waals surface area contributed by atoms with Crippen molar-refractivity contribution < 1.29 is 4.79 Å². The van der Waals surface area contributed by atoms with Crippen molar-refractivity contribution in [2.75, 3.05) is 13.1 Å². The number of hydrogen-bond donors (Lipinski definition) is 2. The quantitative estimate of drug-likeness (QED) is 0.763. The molecule has 0 radical (unpaired) electrons. The highest BCUT2D eigenvalue weighted by atomic mass is 16.2. The molecule has 1 aliphatic carbocycles. The molecule has 0 spiro atoms. The van der Waals surface area contributed by atoms with Gasteiger partial charge in [0.25, 0.3) is 0 Å². The zero-order valence-corrected chi connectivity index (χ0v) is 14.0. The van der Waals surface area contributed by atoms with Gasteiger partial charge in [-0.15, -0.1) is 10.2 Å². The first-order valence-electron chi connectivity index (χ1n) is 9.03. The molecule has 8 nitrogen and oxygen atoms in total. The Morgan fingerprint density at radius 1 is 1.32 bits per heavy atom. The van der Waals surface area contributed by atoms with E-state index in [1.165, 1.54) is 12.8 Å². The van der Waals surface area contributed by atoms with Crippen LogP contribution in [-0.2, 0) is 0 Å². The summed E-state index contributed by atoms with van der Waals surface area (Å²) in [7, 11) is 0. The summed E-state index contributed by atoms with van der Waals surface area (Å²) in [5.74, 6) is 1.64. The molecule has 2 fully saturated rings. The fraction of sp³-hybridized carbons (Fsp3) is 0.529. The van der Waals surface area contributed by atoms with Crippen LogP contribution in [0.25, 0.3) is 16.8 Å². The number of carbonyl (C=O) groups is 1. The van der Waals surface area contributed by atoms with Crippen molar-refractivity contribution in [2.45, 2.75) is 38.1 Å². The Bertz CT molecular complexity index is 926. The predicted molar refractivity (Wildman–Crippen MR) is 92.1 cm³/mol. The zero-order chi connectivity index (χ0) is 16.8. The van der Waals surface area contributed by atoms with E-state index in [-0.39, 0.29) is 12.1 Å². The van der Waals surface area contributed by atoms with Gasteiger partial charge in [0.2, 0.25) is 0 Å². The lowest BCUT2D eigenvalue weighted by Crippen LogP contribution is -2.40. The van der Waals surface area contributed by atoms with E-state index >= 15 is 0 Å². The summed E-state index contributed by atoms with van der Waals surface area (Å²) in [5, 5.41) is 11.7. The fourth-order valence-corrected chi connectivity index (χ4v) is 3.78. The number of nitrogens with one attached hydrogen (secondary N) is 2. The monoisotopic (exact) mass is 339 g/mol. The number of likely N-dealkylation sites (tertiary alicyclic amines) is 1. The lowest BCUT2D eigenvalue weighted by atomic mass is 10.2. The van der Waals surface area contributed by atoms with Crippen molar-refractivity contribution >= 4 is 22.8 Å². The second-order valence-electron chi connectivity index (χ2n) is 7.04. The minimum absolute atomic E-state index is 0.0132. The highest BCUT2D eigenvalue weighted by Gasteiger charge is 2.34. The lowest BCUT2D eigenvalue weighted by Gasteiger charge is -2.24. The van der Waals surface area contributed by atoms with E-state index in [0.29, 0.717) is 5.65 Å². The van der Waals surface area contributed by atoms with E-state index in [4.69, 9.17) is 0 Å². The van der Waals surface area contributed by atoms with Crippen LogP contribution in [0.5, 0.6) is 0 Å². The van der Waals surface area contributed by atoms with Crippen molar-refractivity contribution in [1.29, 1.82) is 0 Å². The number of aromatic amines is 1. The minimum Gasteiger partial charge on any atom is -0.345 e. The maximum Gasteiger partial charge on any atom is 0.318 e. The molecule has 5 rings (SSSR count). The van der Waals surface area contributed by atoms with Gasteiger partial charge in [0, 0.05) is 19.3 Å². The molecule has 2 aliphatic rings. The van der Waals surface area contributed by atoms with Gasteiger partial charge in [-0.25, -0.2) is 9.78 Å². The number of hydrogen-bond acceptors (Lipinski definition) is 4. The van der Waals surface area contributed by atoms with Gasteiger partial charge in [-0.3, -0.25) is 4.40 Å². The maximum absolute atomic E-state index is 12.6. The molecule has 0 bridgehead atoms. The van der Waals surface area contributed by atoms with Crippen LogP contribution in [-0.4, -0.2) is 48.6 Å². The van der Waals surface area contributed by atoms with Crippen LogP contribution in [0, 0.1) is 5.92 Å². The second kappa shape index (κ2) is 5.72. The summed E-state index contributed by atoms with van der Waals surface area (Å²) < 4.78 is 2.01. The molecule has 3 aromatic heterocycles. The van der Waals surface area contributed by atoms with Crippen molar-refractivity contribution in [1.82, 2.24) is 34.8 Å². The molecule has 2 amide bonds. The third kappa shape index (κ3) is 2.52. The van der Waals surface area contributed by atoms with Gasteiger partial charge in [0.05, 0.1) is 17.8 Å². The molecule has 8 heteroatoms. The summed E-state index contributed by atoms with van der Waals surface area (Å²) in [6, 6.07) is 1.94. The zero-order valence-electron chi connectivity index (χ0n) is 14.0. The minimum atomic E-state index is -0.0450. The van der Waals surface area contributed by atoms with Crippen LogP contribution in [0.2, 0.25) is 0 Å². The first-order valence-corrected chi connectivity index (χ1v) is 9.03. The van der Waals surface area contributed by atoms with Crippen molar-refractivity contribution in [3.63, 3.8) is 0 Å². The van der Waals surface area contributed by atoms with E-state index < -0.39 is 0 Å². The third-order valence-electron chi connectivity index (χ3n) is 5.30. The molecule has 1 aliphatic heterocycles. The van der Waals surface area contributed by atoms with E-state index in [2.05, 4.69) is 25.5 Å². The van der Waals surface area contributed by atoms with E-state index in [0.717, 1.165) is 55.3 Å². The van der Waals surface area contributed by atoms with Gasteiger partial charge in [-0.05, 0) is 31.2 Å². The molecule has 3 aromatic rings. The highest BCUT2D eigenvalue weighted by Crippen LogP contribution is 2.33. The van der Waals surface area contributed by atoms with Crippen LogP contribution >= 0.6 is 0 Å². The van der Waals surface area contributed by atoms with Gasteiger partial charge in [-0.1, -0.05) is 12.8 Å². The molecule has 4 heterocycles. The average molecular weight is 339 g/mol. The molecular weight excluding hydrogens is 318 g/mol. The first kappa shape index (κ1) is 14.7. The number of urea groups is 1. The summed E-state index contributed by atoms with van der Waals surface area (Å²) in [4.78, 5) is 22.0. The Hall–Kier alpha value is -2.64. The van der Waals surface area contributed by atoms with Crippen LogP contribution < -0.4 is 5.32 Å². The Morgan fingerprint density at radius 3 is 3.12 bits per heavy atom. The smallest absolute Gasteiger partial charge is 0.318 e. The Kier molecular flexibility index (Phi) is 3.36. The van der Waals surface area contributed by atoms with E-state index in [1.54, 1.807) is 6.20 Å². The van der Waals surface area contributed by atoms with Crippen LogP contribution in [0.15, 0.2) is 18.5 Å². The molecule has 0 aromatic carbocycles. The van der Waals surface area contributed by atoms with Gasteiger partial charge in [-0.2, -0.15) is 0 Å². The summed E-state index contributed by atoms with van der Waals surface area (Å²) in [6.45, 7) is 1.52. The predicted octanol–water partition coefficient (Wildman–Crippen LogP) is 2.25. The topological polar surface area (TPSA) is 91.2 Å². The van der Waals surface area contributed by atoms with Crippen molar-refractivity contribution in [3.8, 4) is 0 Å². The Labute approximate surface area is 144 Å². The molecule has 1 atom stereocenters. The number of H-pyrrole nitrogens is 1. The number of rotatable bonds is 4. The fourth-order valence-electron chi connectivity index (χ4n) is 3.78. The average Bonchev–Trinajstić information content (AvgIpc) is 3.06. The summed E-state index contributed by atoms with van der Waals surface area (Å²) >= 11 is 0. The van der Waals surface area contributed by atoms with Gasteiger partial charge in [0.1, 0.15) is 0 Å². The van der Waals surface area contributed by atoms with E-state index in [1.807, 2.05) is 21.6 Å². The molecular formula is C17H21N7O. The second-order valence-corrected chi connectivity index (χ2v) is 7.04. The van der Waals surface area contributed by atoms with Crippen molar-refractivity contribution in [3.05, 3.63) is 24.3 Å².